The highest BCUT2D eigenvalue weighted by atomic mass is 16.5. The van der Waals surface area contributed by atoms with Crippen LogP contribution in [0, 0.1) is 0 Å². The Morgan fingerprint density at radius 3 is 2.76 bits per heavy atom. The standard InChI is InChI=1S/C17H26N2O2/c18-17(13-20,14-6-2-1-3-7-14)12-19-10-11-21-16-9-5-4-8-15(16)19/h1-3,6-7,15-16,20H,4-5,8-13,18H2. The molecule has 4 heteroatoms. The Morgan fingerprint density at radius 1 is 1.24 bits per heavy atom. The first kappa shape index (κ1) is 15.0. The Hall–Kier alpha value is -0.940. The van der Waals surface area contributed by atoms with Crippen LogP contribution in [0.1, 0.15) is 31.2 Å². The molecule has 3 unspecified atom stereocenters. The minimum absolute atomic E-state index is 0.0360. The van der Waals surface area contributed by atoms with Crippen LogP contribution in [0.5, 0.6) is 0 Å². The van der Waals surface area contributed by atoms with Crippen molar-refractivity contribution in [2.75, 3.05) is 26.3 Å². The lowest BCUT2D eigenvalue weighted by Gasteiger charge is -2.46. The molecule has 21 heavy (non-hydrogen) atoms. The molecule has 1 aromatic carbocycles. The molecular formula is C17H26N2O2. The van der Waals surface area contributed by atoms with Crippen LogP contribution >= 0.6 is 0 Å². The summed E-state index contributed by atoms with van der Waals surface area (Å²) in [6.07, 6.45) is 5.22. The third-order valence-electron chi connectivity index (χ3n) is 4.96. The summed E-state index contributed by atoms with van der Waals surface area (Å²) in [6.45, 7) is 2.34. The molecule has 1 saturated heterocycles. The first-order valence-corrected chi connectivity index (χ1v) is 8.04. The van der Waals surface area contributed by atoms with Crippen molar-refractivity contribution in [2.24, 2.45) is 5.73 Å². The summed E-state index contributed by atoms with van der Waals surface area (Å²) in [6, 6.07) is 10.4. The van der Waals surface area contributed by atoms with E-state index >= 15 is 0 Å². The van der Waals surface area contributed by atoms with Gasteiger partial charge in [-0.1, -0.05) is 43.2 Å². The number of nitrogens with two attached hydrogens (primary N) is 1. The van der Waals surface area contributed by atoms with Crippen LogP contribution in [0.15, 0.2) is 30.3 Å². The van der Waals surface area contributed by atoms with Crippen LogP contribution in [0.4, 0.5) is 0 Å². The SMILES string of the molecule is NC(CO)(CN1CCOC2CCCCC21)c1ccccc1. The molecule has 1 aliphatic heterocycles. The maximum absolute atomic E-state index is 9.88. The summed E-state index contributed by atoms with van der Waals surface area (Å²) in [5, 5.41) is 9.88. The van der Waals surface area contributed by atoms with Crippen LogP contribution in [0.2, 0.25) is 0 Å². The van der Waals surface area contributed by atoms with Crippen molar-refractivity contribution >= 4 is 0 Å². The van der Waals surface area contributed by atoms with Crippen molar-refractivity contribution in [3.63, 3.8) is 0 Å². The van der Waals surface area contributed by atoms with Crippen molar-refractivity contribution < 1.29 is 9.84 Å². The highest BCUT2D eigenvalue weighted by Crippen LogP contribution is 2.30. The lowest BCUT2D eigenvalue weighted by molar-refractivity contribution is -0.0958. The molecule has 1 aromatic rings. The molecule has 3 N–H and O–H groups in total. The third-order valence-corrected chi connectivity index (χ3v) is 4.96. The van der Waals surface area contributed by atoms with Crippen LogP contribution in [-0.2, 0) is 10.3 Å². The highest BCUT2D eigenvalue weighted by Gasteiger charge is 2.38. The molecule has 0 spiro atoms. The van der Waals surface area contributed by atoms with E-state index in [0.29, 0.717) is 18.7 Å². The van der Waals surface area contributed by atoms with Crippen molar-refractivity contribution in [3.05, 3.63) is 35.9 Å². The Kier molecular flexibility index (Phi) is 4.60. The van der Waals surface area contributed by atoms with E-state index in [9.17, 15) is 5.11 Å². The van der Waals surface area contributed by atoms with Gasteiger partial charge in [0, 0.05) is 19.1 Å². The Labute approximate surface area is 126 Å². The van der Waals surface area contributed by atoms with Crippen molar-refractivity contribution in [1.82, 2.24) is 4.90 Å². The van der Waals surface area contributed by atoms with E-state index in [4.69, 9.17) is 10.5 Å². The summed E-state index contributed by atoms with van der Waals surface area (Å²) < 4.78 is 5.92. The zero-order valence-corrected chi connectivity index (χ0v) is 12.6. The second-order valence-electron chi connectivity index (χ2n) is 6.41. The summed E-state index contributed by atoms with van der Waals surface area (Å²) >= 11 is 0. The fraction of sp³-hybridized carbons (Fsp3) is 0.647. The number of rotatable bonds is 4. The van der Waals surface area contributed by atoms with Crippen LogP contribution in [0.25, 0.3) is 0 Å². The molecular weight excluding hydrogens is 264 g/mol. The molecule has 2 fully saturated rings. The van der Waals surface area contributed by atoms with Crippen LogP contribution in [0.3, 0.4) is 0 Å². The maximum Gasteiger partial charge on any atom is 0.0773 e. The molecule has 3 rings (SSSR count). The quantitative estimate of drug-likeness (QED) is 0.882. The molecule has 0 bridgehead atoms. The molecule has 3 atom stereocenters. The molecule has 0 amide bonds. The number of benzene rings is 1. The van der Waals surface area contributed by atoms with E-state index in [1.54, 1.807) is 0 Å². The summed E-state index contributed by atoms with van der Waals surface area (Å²) in [4.78, 5) is 2.44. The zero-order chi connectivity index (χ0) is 14.7. The van der Waals surface area contributed by atoms with Gasteiger partial charge < -0.3 is 15.6 Å². The Balaban J connectivity index is 1.76. The van der Waals surface area contributed by atoms with Gasteiger partial charge >= 0.3 is 0 Å². The van der Waals surface area contributed by atoms with E-state index in [-0.39, 0.29) is 6.61 Å². The minimum Gasteiger partial charge on any atom is -0.394 e. The van der Waals surface area contributed by atoms with E-state index in [1.807, 2.05) is 30.3 Å². The van der Waals surface area contributed by atoms with Gasteiger partial charge in [0.25, 0.3) is 0 Å². The largest absolute Gasteiger partial charge is 0.394 e. The number of fused-ring (bicyclic) bond motifs is 1. The highest BCUT2D eigenvalue weighted by molar-refractivity contribution is 5.24. The molecule has 1 saturated carbocycles. The number of aliphatic hydroxyl groups excluding tert-OH is 1. The molecule has 0 aromatic heterocycles. The van der Waals surface area contributed by atoms with E-state index in [2.05, 4.69) is 4.90 Å². The first-order chi connectivity index (χ1) is 10.2. The number of aliphatic hydroxyl groups is 1. The molecule has 0 radical (unpaired) electrons. The summed E-state index contributed by atoms with van der Waals surface area (Å²) in [5.41, 5.74) is 6.85. The Bertz CT molecular complexity index is 451. The van der Waals surface area contributed by atoms with Crippen LogP contribution in [-0.4, -0.2) is 48.5 Å². The van der Waals surface area contributed by atoms with Gasteiger partial charge in [-0.2, -0.15) is 0 Å². The molecule has 2 aliphatic rings. The van der Waals surface area contributed by atoms with Gasteiger partial charge in [0.05, 0.1) is 24.9 Å². The van der Waals surface area contributed by atoms with Gasteiger partial charge in [0.2, 0.25) is 0 Å². The molecule has 116 valence electrons. The average Bonchev–Trinajstić information content (AvgIpc) is 2.56. The van der Waals surface area contributed by atoms with Crippen molar-refractivity contribution in [1.29, 1.82) is 0 Å². The zero-order valence-electron chi connectivity index (χ0n) is 12.6. The van der Waals surface area contributed by atoms with Gasteiger partial charge in [-0.25, -0.2) is 0 Å². The molecule has 1 aliphatic carbocycles. The lowest BCUT2D eigenvalue weighted by Crippen LogP contribution is -2.59. The second kappa shape index (κ2) is 6.44. The van der Waals surface area contributed by atoms with Gasteiger partial charge in [-0.3, -0.25) is 4.90 Å². The van der Waals surface area contributed by atoms with Gasteiger partial charge in [-0.05, 0) is 18.4 Å². The molecule has 1 heterocycles. The van der Waals surface area contributed by atoms with Gasteiger partial charge in [0.15, 0.2) is 0 Å². The average molecular weight is 290 g/mol. The Morgan fingerprint density at radius 2 is 2.00 bits per heavy atom. The first-order valence-electron chi connectivity index (χ1n) is 8.04. The molecule has 4 nitrogen and oxygen atoms in total. The van der Waals surface area contributed by atoms with E-state index in [1.165, 1.54) is 19.3 Å². The summed E-state index contributed by atoms with van der Waals surface area (Å²) in [5.74, 6) is 0. The smallest absolute Gasteiger partial charge is 0.0773 e. The number of hydrogen-bond donors (Lipinski definition) is 2. The fourth-order valence-electron chi connectivity index (χ4n) is 3.74. The fourth-order valence-corrected chi connectivity index (χ4v) is 3.74. The normalized spacial score (nSPS) is 29.6. The van der Waals surface area contributed by atoms with Gasteiger partial charge in [0.1, 0.15) is 0 Å². The van der Waals surface area contributed by atoms with Crippen molar-refractivity contribution in [2.45, 2.75) is 43.4 Å². The monoisotopic (exact) mass is 290 g/mol. The maximum atomic E-state index is 9.88. The predicted molar refractivity (Wildman–Crippen MR) is 83.0 cm³/mol. The lowest BCUT2D eigenvalue weighted by atomic mass is 9.86. The van der Waals surface area contributed by atoms with E-state index < -0.39 is 5.54 Å². The summed E-state index contributed by atoms with van der Waals surface area (Å²) in [7, 11) is 0. The number of nitrogens with zero attached hydrogens (tertiary/aromatic N) is 1. The number of morpholine rings is 1. The third kappa shape index (κ3) is 3.14. The predicted octanol–water partition coefficient (Wildman–Crippen LogP) is 1.48. The number of hydrogen-bond acceptors (Lipinski definition) is 4. The van der Waals surface area contributed by atoms with Crippen molar-refractivity contribution in [3.8, 4) is 0 Å². The topological polar surface area (TPSA) is 58.7 Å². The second-order valence-corrected chi connectivity index (χ2v) is 6.41. The van der Waals surface area contributed by atoms with Gasteiger partial charge in [-0.15, -0.1) is 0 Å². The minimum atomic E-state index is -0.694. The van der Waals surface area contributed by atoms with E-state index in [0.717, 1.165) is 25.1 Å². The number of ether oxygens (including phenoxy) is 1. The van der Waals surface area contributed by atoms with Crippen LogP contribution < -0.4 is 5.73 Å².